The summed E-state index contributed by atoms with van der Waals surface area (Å²) in [6.45, 7) is 4.13. The van der Waals surface area contributed by atoms with E-state index in [-0.39, 0.29) is 12.4 Å². The molecule has 1 N–H and O–H groups in total. The smallest absolute Gasteiger partial charge is 0.226 e. The third-order valence-electron chi connectivity index (χ3n) is 2.45. The van der Waals surface area contributed by atoms with Crippen molar-refractivity contribution in [3.63, 3.8) is 0 Å². The first-order chi connectivity index (χ1) is 6.40. The van der Waals surface area contributed by atoms with Gasteiger partial charge in [0.1, 0.15) is 0 Å². The van der Waals surface area contributed by atoms with Crippen molar-refractivity contribution in [2.24, 2.45) is 0 Å². The summed E-state index contributed by atoms with van der Waals surface area (Å²) < 4.78 is 5.08. The van der Waals surface area contributed by atoms with E-state index in [0.29, 0.717) is 5.92 Å². The number of hydrogen-bond acceptors (Lipinski definition) is 4. The van der Waals surface area contributed by atoms with Crippen LogP contribution in [-0.2, 0) is 6.42 Å². The summed E-state index contributed by atoms with van der Waals surface area (Å²) >= 11 is 0. The molecule has 4 nitrogen and oxygen atoms in total. The lowest BCUT2D eigenvalue weighted by atomic mass is 9.99. The first kappa shape index (κ1) is 11.5. The maximum atomic E-state index is 5.08. The van der Waals surface area contributed by atoms with Gasteiger partial charge in [-0.25, -0.2) is 0 Å². The average Bonchev–Trinajstić information content (AvgIpc) is 2.67. The van der Waals surface area contributed by atoms with Gasteiger partial charge in [0.05, 0.1) is 0 Å². The Morgan fingerprint density at radius 1 is 1.57 bits per heavy atom. The van der Waals surface area contributed by atoms with Crippen LogP contribution in [0, 0.1) is 0 Å². The Bertz CT molecular complexity index is 271. The van der Waals surface area contributed by atoms with Crippen LogP contribution in [0.15, 0.2) is 4.52 Å². The molecule has 0 saturated carbocycles. The standard InChI is InChI=1S/C9H15N3O.ClH/c1-2-8-11-9(12-13-8)7-4-3-5-10-6-7;/h7,10H,2-6H2,1H3;1H. The number of piperidine rings is 1. The molecule has 80 valence electrons. The summed E-state index contributed by atoms with van der Waals surface area (Å²) in [5.41, 5.74) is 0. The quantitative estimate of drug-likeness (QED) is 0.816. The molecule has 2 rings (SSSR count). The van der Waals surface area contributed by atoms with E-state index in [4.69, 9.17) is 4.52 Å². The molecule has 1 aliphatic rings. The van der Waals surface area contributed by atoms with Crippen molar-refractivity contribution in [3.05, 3.63) is 11.7 Å². The molecule has 1 fully saturated rings. The van der Waals surface area contributed by atoms with Gasteiger partial charge in [-0.05, 0) is 19.4 Å². The highest BCUT2D eigenvalue weighted by atomic mass is 35.5. The average molecular weight is 218 g/mol. The largest absolute Gasteiger partial charge is 0.339 e. The lowest BCUT2D eigenvalue weighted by molar-refractivity contribution is 0.364. The third kappa shape index (κ3) is 2.45. The maximum Gasteiger partial charge on any atom is 0.226 e. The molecule has 0 spiro atoms. The molecule has 14 heavy (non-hydrogen) atoms. The molecule has 5 heteroatoms. The van der Waals surface area contributed by atoms with Crippen LogP contribution in [0.5, 0.6) is 0 Å². The van der Waals surface area contributed by atoms with Crippen molar-refractivity contribution in [3.8, 4) is 0 Å². The van der Waals surface area contributed by atoms with E-state index in [1.807, 2.05) is 6.92 Å². The van der Waals surface area contributed by atoms with E-state index in [1.165, 1.54) is 12.8 Å². The van der Waals surface area contributed by atoms with Gasteiger partial charge in [0, 0.05) is 18.9 Å². The van der Waals surface area contributed by atoms with Crippen LogP contribution < -0.4 is 5.32 Å². The fraction of sp³-hybridized carbons (Fsp3) is 0.778. The van der Waals surface area contributed by atoms with E-state index < -0.39 is 0 Å². The van der Waals surface area contributed by atoms with Crippen molar-refractivity contribution in [1.82, 2.24) is 15.5 Å². The fourth-order valence-corrected chi connectivity index (χ4v) is 1.65. The van der Waals surface area contributed by atoms with Crippen LogP contribution >= 0.6 is 12.4 Å². The number of halogens is 1. The molecule has 0 aromatic carbocycles. The number of rotatable bonds is 2. The van der Waals surface area contributed by atoms with Crippen molar-refractivity contribution < 1.29 is 4.52 Å². The summed E-state index contributed by atoms with van der Waals surface area (Å²) in [6, 6.07) is 0. The number of hydrogen-bond donors (Lipinski definition) is 1. The molecule has 1 aromatic rings. The second kappa shape index (κ2) is 5.32. The van der Waals surface area contributed by atoms with Gasteiger partial charge in [-0.1, -0.05) is 12.1 Å². The Hall–Kier alpha value is -0.610. The molecular formula is C9H16ClN3O. The van der Waals surface area contributed by atoms with Gasteiger partial charge >= 0.3 is 0 Å². The van der Waals surface area contributed by atoms with Gasteiger partial charge in [-0.2, -0.15) is 4.98 Å². The van der Waals surface area contributed by atoms with E-state index >= 15 is 0 Å². The molecular weight excluding hydrogens is 202 g/mol. The lowest BCUT2D eigenvalue weighted by Crippen LogP contribution is -2.28. The fourth-order valence-electron chi connectivity index (χ4n) is 1.65. The van der Waals surface area contributed by atoms with Crippen LogP contribution in [-0.4, -0.2) is 23.2 Å². The normalized spacial score (nSPS) is 21.6. The summed E-state index contributed by atoms with van der Waals surface area (Å²) in [5.74, 6) is 2.09. The Labute approximate surface area is 89.9 Å². The van der Waals surface area contributed by atoms with Crippen molar-refractivity contribution >= 4 is 12.4 Å². The molecule has 0 amide bonds. The molecule has 1 aliphatic heterocycles. The topological polar surface area (TPSA) is 51.0 Å². The minimum Gasteiger partial charge on any atom is -0.339 e. The number of aryl methyl sites for hydroxylation is 1. The van der Waals surface area contributed by atoms with Gasteiger partial charge in [-0.3, -0.25) is 0 Å². The molecule has 1 unspecified atom stereocenters. The van der Waals surface area contributed by atoms with Gasteiger partial charge < -0.3 is 9.84 Å². The summed E-state index contributed by atoms with van der Waals surface area (Å²) in [5, 5.41) is 7.32. The van der Waals surface area contributed by atoms with Crippen molar-refractivity contribution in [2.75, 3.05) is 13.1 Å². The number of nitrogens with one attached hydrogen (secondary N) is 1. The molecule has 0 radical (unpaired) electrons. The van der Waals surface area contributed by atoms with Gasteiger partial charge in [0.15, 0.2) is 5.82 Å². The second-order valence-corrected chi connectivity index (χ2v) is 3.44. The number of nitrogens with zero attached hydrogens (tertiary/aromatic N) is 2. The van der Waals surface area contributed by atoms with Gasteiger partial charge in [-0.15, -0.1) is 12.4 Å². The summed E-state index contributed by atoms with van der Waals surface area (Å²) in [7, 11) is 0. The zero-order valence-electron chi connectivity index (χ0n) is 8.32. The summed E-state index contributed by atoms with van der Waals surface area (Å²) in [6.07, 6.45) is 3.21. The van der Waals surface area contributed by atoms with Crippen molar-refractivity contribution in [1.29, 1.82) is 0 Å². The molecule has 1 atom stereocenters. The van der Waals surface area contributed by atoms with Crippen LogP contribution in [0.25, 0.3) is 0 Å². The van der Waals surface area contributed by atoms with Crippen molar-refractivity contribution in [2.45, 2.75) is 32.1 Å². The van der Waals surface area contributed by atoms with Crippen LogP contribution in [0.3, 0.4) is 0 Å². The van der Waals surface area contributed by atoms with Crippen LogP contribution in [0.4, 0.5) is 0 Å². The Morgan fingerprint density at radius 3 is 3.00 bits per heavy atom. The molecule has 2 heterocycles. The highest BCUT2D eigenvalue weighted by Crippen LogP contribution is 2.20. The van der Waals surface area contributed by atoms with Crippen LogP contribution in [0.1, 0.15) is 37.4 Å². The lowest BCUT2D eigenvalue weighted by Gasteiger charge is -2.19. The predicted octanol–water partition coefficient (Wildman–Crippen LogP) is 1.52. The highest BCUT2D eigenvalue weighted by Gasteiger charge is 2.19. The van der Waals surface area contributed by atoms with E-state index in [0.717, 1.165) is 31.2 Å². The van der Waals surface area contributed by atoms with E-state index in [2.05, 4.69) is 15.5 Å². The summed E-state index contributed by atoms with van der Waals surface area (Å²) in [4.78, 5) is 4.33. The highest BCUT2D eigenvalue weighted by molar-refractivity contribution is 5.85. The monoisotopic (exact) mass is 217 g/mol. The SMILES string of the molecule is CCc1nc(C2CCCNC2)no1.Cl. The Balaban J connectivity index is 0.000000980. The van der Waals surface area contributed by atoms with Gasteiger partial charge in [0.25, 0.3) is 0 Å². The zero-order valence-corrected chi connectivity index (χ0v) is 9.14. The minimum absolute atomic E-state index is 0. The van der Waals surface area contributed by atoms with Gasteiger partial charge in [0.2, 0.25) is 5.89 Å². The van der Waals surface area contributed by atoms with E-state index in [9.17, 15) is 0 Å². The van der Waals surface area contributed by atoms with Crippen LogP contribution in [0.2, 0.25) is 0 Å². The predicted molar refractivity (Wildman–Crippen MR) is 55.8 cm³/mol. The molecule has 0 bridgehead atoms. The first-order valence-corrected chi connectivity index (χ1v) is 4.93. The zero-order chi connectivity index (χ0) is 9.10. The maximum absolute atomic E-state index is 5.08. The minimum atomic E-state index is 0. The van der Waals surface area contributed by atoms with E-state index in [1.54, 1.807) is 0 Å². The molecule has 1 aromatic heterocycles. The Kier molecular flexibility index (Phi) is 4.35. The molecule has 1 saturated heterocycles. The first-order valence-electron chi connectivity index (χ1n) is 4.93. The molecule has 0 aliphatic carbocycles. The number of aromatic nitrogens is 2. The Morgan fingerprint density at radius 2 is 2.43 bits per heavy atom. The second-order valence-electron chi connectivity index (χ2n) is 3.44. The third-order valence-corrected chi connectivity index (χ3v) is 2.45.